The van der Waals surface area contributed by atoms with E-state index in [0.29, 0.717) is 27.9 Å². The van der Waals surface area contributed by atoms with Gasteiger partial charge in [0.2, 0.25) is 11.7 Å². The van der Waals surface area contributed by atoms with Crippen molar-refractivity contribution in [1.82, 2.24) is 0 Å². The largest absolute Gasteiger partial charge is 0.462 e. The van der Waals surface area contributed by atoms with Gasteiger partial charge in [0, 0.05) is 11.1 Å². The van der Waals surface area contributed by atoms with E-state index in [9.17, 15) is 14.4 Å². The molecule has 4 rings (SSSR count). The normalized spacial score (nSPS) is 18.0. The summed E-state index contributed by atoms with van der Waals surface area (Å²) in [7, 11) is 0. The van der Waals surface area contributed by atoms with Crippen LogP contribution in [0.15, 0.2) is 64.6 Å². The number of para-hydroxylation sites is 1. The first-order valence-electron chi connectivity index (χ1n) is 11.7. The minimum absolute atomic E-state index is 0.0197. The van der Waals surface area contributed by atoms with Crippen LogP contribution in [0.5, 0.6) is 0 Å². The molecule has 1 fully saturated rings. The van der Waals surface area contributed by atoms with Crippen molar-refractivity contribution in [3.8, 4) is 0 Å². The quantitative estimate of drug-likeness (QED) is 0.321. The Morgan fingerprint density at radius 3 is 2.37 bits per heavy atom. The van der Waals surface area contributed by atoms with Crippen LogP contribution in [0.4, 0.5) is 11.4 Å². The van der Waals surface area contributed by atoms with Gasteiger partial charge in [0.15, 0.2) is 0 Å². The van der Waals surface area contributed by atoms with Gasteiger partial charge in [-0.1, -0.05) is 37.6 Å². The number of amides is 2. The lowest BCUT2D eigenvalue weighted by atomic mass is 10.1. The molecule has 7 nitrogen and oxygen atoms in total. The van der Waals surface area contributed by atoms with Crippen LogP contribution < -0.4 is 10.6 Å². The van der Waals surface area contributed by atoms with Crippen LogP contribution in [0.2, 0.25) is 0 Å². The highest BCUT2D eigenvalue weighted by atomic mass is 16.5. The summed E-state index contributed by atoms with van der Waals surface area (Å²) in [5.41, 5.74) is 2.73. The molecule has 35 heavy (non-hydrogen) atoms. The summed E-state index contributed by atoms with van der Waals surface area (Å²) in [5, 5.41) is 6.41. The van der Waals surface area contributed by atoms with Crippen LogP contribution in [0.25, 0.3) is 11.0 Å². The molecule has 0 saturated heterocycles. The van der Waals surface area contributed by atoms with E-state index in [4.69, 9.17) is 9.15 Å². The van der Waals surface area contributed by atoms with Crippen molar-refractivity contribution in [2.24, 2.45) is 17.3 Å². The number of esters is 1. The lowest BCUT2D eigenvalue weighted by molar-refractivity contribution is -0.118. The highest BCUT2D eigenvalue weighted by Gasteiger charge is 2.60. The van der Waals surface area contributed by atoms with Gasteiger partial charge in [-0.25, -0.2) is 4.79 Å². The van der Waals surface area contributed by atoms with Crippen molar-refractivity contribution in [3.63, 3.8) is 0 Å². The molecule has 1 aliphatic rings. The molecule has 0 spiro atoms. The number of carbonyl (C=O) groups excluding carboxylic acids is 3. The average Bonchev–Trinajstić information content (AvgIpc) is 3.16. The van der Waals surface area contributed by atoms with Gasteiger partial charge in [-0.15, -0.1) is 0 Å². The molecule has 2 N–H and O–H groups in total. The summed E-state index contributed by atoms with van der Waals surface area (Å²) in [6.45, 7) is 10.2. The maximum Gasteiger partial charge on any atom is 0.338 e. The van der Waals surface area contributed by atoms with E-state index in [1.807, 2.05) is 32.0 Å². The zero-order chi connectivity index (χ0) is 25.3. The predicted molar refractivity (Wildman–Crippen MR) is 135 cm³/mol. The molecule has 2 amide bonds. The molecule has 3 aromatic rings. The number of hydrogen-bond donors (Lipinski definition) is 2. The molecule has 2 atom stereocenters. The summed E-state index contributed by atoms with van der Waals surface area (Å²) < 4.78 is 10.8. The number of allylic oxidation sites excluding steroid dienone is 2. The molecule has 0 radical (unpaired) electrons. The Balaban J connectivity index is 1.58. The number of benzene rings is 2. The van der Waals surface area contributed by atoms with Crippen molar-refractivity contribution in [2.75, 3.05) is 17.2 Å². The second-order valence-electron chi connectivity index (χ2n) is 9.61. The second kappa shape index (κ2) is 9.41. The molecule has 1 aliphatic carbocycles. The van der Waals surface area contributed by atoms with Gasteiger partial charge in [-0.2, -0.15) is 0 Å². The number of fused-ring (bicyclic) bond motifs is 1. The average molecular weight is 475 g/mol. The van der Waals surface area contributed by atoms with E-state index in [-0.39, 0.29) is 35.5 Å². The monoisotopic (exact) mass is 474 g/mol. The third kappa shape index (κ3) is 4.85. The van der Waals surface area contributed by atoms with Crippen LogP contribution in [-0.2, 0) is 9.53 Å². The molecule has 7 heteroatoms. The zero-order valence-electron chi connectivity index (χ0n) is 20.6. The van der Waals surface area contributed by atoms with Gasteiger partial charge in [-0.3, -0.25) is 9.59 Å². The third-order valence-corrected chi connectivity index (χ3v) is 6.41. The summed E-state index contributed by atoms with van der Waals surface area (Å²) in [5.74, 6) is -1.11. The van der Waals surface area contributed by atoms with E-state index >= 15 is 0 Å². The number of anilines is 2. The molecule has 0 aliphatic heterocycles. The lowest BCUT2D eigenvalue weighted by Crippen LogP contribution is -2.20. The zero-order valence-corrected chi connectivity index (χ0v) is 20.6. The van der Waals surface area contributed by atoms with Crippen LogP contribution in [0.1, 0.15) is 55.5 Å². The molecule has 1 heterocycles. The smallest absolute Gasteiger partial charge is 0.338 e. The lowest BCUT2D eigenvalue weighted by Gasteiger charge is -2.09. The first-order valence-corrected chi connectivity index (χ1v) is 11.7. The molecule has 1 aromatic heterocycles. The van der Waals surface area contributed by atoms with Crippen LogP contribution in [-0.4, -0.2) is 24.4 Å². The van der Waals surface area contributed by atoms with E-state index in [1.165, 1.54) is 5.57 Å². The number of ether oxygens (including phenoxy) is 1. The van der Waals surface area contributed by atoms with Crippen molar-refractivity contribution >= 4 is 40.1 Å². The standard InChI is InChI=1S/C28H30N2O5/c1-6-34-27(33)17-11-13-18(14-12-17)29-26(32)24-23(19-9-7-8-10-21(19)35-24)30-25(31)22-20(15-16(2)3)28(22,4)5/h7-15,20,22H,6H2,1-5H3,(H,29,32)(H,30,31)/t20-,22+/m1/s1. The molecule has 2 aromatic carbocycles. The van der Waals surface area contributed by atoms with Gasteiger partial charge >= 0.3 is 5.97 Å². The molecule has 0 unspecified atom stereocenters. The number of furan rings is 1. The summed E-state index contributed by atoms with van der Waals surface area (Å²) in [6, 6.07) is 13.6. The van der Waals surface area contributed by atoms with E-state index in [2.05, 4.69) is 30.6 Å². The van der Waals surface area contributed by atoms with Crippen LogP contribution in [0.3, 0.4) is 0 Å². The summed E-state index contributed by atoms with van der Waals surface area (Å²) in [6.07, 6.45) is 2.13. The number of rotatable bonds is 7. The third-order valence-electron chi connectivity index (χ3n) is 6.41. The number of nitrogens with one attached hydrogen (secondary N) is 2. The first kappa shape index (κ1) is 24.3. The van der Waals surface area contributed by atoms with Gasteiger partial charge in [0.25, 0.3) is 5.91 Å². The van der Waals surface area contributed by atoms with Gasteiger partial charge in [0.1, 0.15) is 11.3 Å². The van der Waals surface area contributed by atoms with Gasteiger partial charge in [-0.05, 0) is 68.5 Å². The summed E-state index contributed by atoms with van der Waals surface area (Å²) in [4.78, 5) is 38.3. The van der Waals surface area contributed by atoms with Crippen LogP contribution in [0, 0.1) is 17.3 Å². The Morgan fingerprint density at radius 1 is 1.03 bits per heavy atom. The SMILES string of the molecule is CCOC(=O)c1ccc(NC(=O)c2oc3ccccc3c2NC(=O)[C@@H]2[C@@H](C=C(C)C)C2(C)C)cc1. The van der Waals surface area contributed by atoms with E-state index < -0.39 is 11.9 Å². The highest BCUT2D eigenvalue weighted by Crippen LogP contribution is 2.59. The topological polar surface area (TPSA) is 97.6 Å². The number of hydrogen-bond acceptors (Lipinski definition) is 5. The Hall–Kier alpha value is -3.87. The predicted octanol–water partition coefficient (Wildman–Crippen LogP) is 6.04. The van der Waals surface area contributed by atoms with E-state index in [1.54, 1.807) is 37.3 Å². The minimum Gasteiger partial charge on any atom is -0.462 e. The summed E-state index contributed by atoms with van der Waals surface area (Å²) >= 11 is 0. The highest BCUT2D eigenvalue weighted by molar-refractivity contribution is 6.15. The molecule has 182 valence electrons. The van der Waals surface area contributed by atoms with E-state index in [0.717, 1.165) is 0 Å². The maximum absolute atomic E-state index is 13.3. The first-order chi connectivity index (χ1) is 16.6. The fourth-order valence-electron chi connectivity index (χ4n) is 4.47. The van der Waals surface area contributed by atoms with Gasteiger partial charge < -0.3 is 19.8 Å². The molecule has 1 saturated carbocycles. The Kier molecular flexibility index (Phi) is 6.52. The Morgan fingerprint density at radius 2 is 1.71 bits per heavy atom. The number of carbonyl (C=O) groups is 3. The van der Waals surface area contributed by atoms with Crippen molar-refractivity contribution in [2.45, 2.75) is 34.6 Å². The Labute approximate surface area is 204 Å². The maximum atomic E-state index is 13.3. The molecule has 0 bridgehead atoms. The molecular formula is C28H30N2O5. The van der Waals surface area contributed by atoms with Crippen LogP contribution >= 0.6 is 0 Å². The second-order valence-corrected chi connectivity index (χ2v) is 9.61. The fourth-order valence-corrected chi connectivity index (χ4v) is 4.47. The minimum atomic E-state index is -0.503. The van der Waals surface area contributed by atoms with Gasteiger partial charge in [0.05, 0.1) is 18.1 Å². The molecular weight excluding hydrogens is 444 g/mol. The fraction of sp³-hybridized carbons (Fsp3) is 0.321. The van der Waals surface area contributed by atoms with Crippen molar-refractivity contribution < 1.29 is 23.5 Å². The Bertz CT molecular complexity index is 1310. The van der Waals surface area contributed by atoms with Crippen molar-refractivity contribution in [3.05, 3.63) is 71.5 Å². The van der Waals surface area contributed by atoms with Crippen molar-refractivity contribution in [1.29, 1.82) is 0 Å².